The van der Waals surface area contributed by atoms with Crippen LogP contribution in [0.4, 0.5) is 4.39 Å². The molecule has 0 fully saturated rings. The van der Waals surface area contributed by atoms with E-state index in [1.165, 1.54) is 24.3 Å². The summed E-state index contributed by atoms with van der Waals surface area (Å²) in [6, 6.07) is 11.5. The molecule has 128 valence electrons. The first-order valence-corrected chi connectivity index (χ1v) is 7.63. The maximum absolute atomic E-state index is 12.9. The second-order valence-corrected chi connectivity index (χ2v) is 5.59. The smallest absolute Gasteiger partial charge is 0.326 e. The van der Waals surface area contributed by atoms with Gasteiger partial charge in [-0.05, 0) is 29.8 Å². The van der Waals surface area contributed by atoms with Crippen molar-refractivity contribution in [3.8, 4) is 0 Å². The summed E-state index contributed by atoms with van der Waals surface area (Å²) in [5, 5.41) is 16.3. The van der Waals surface area contributed by atoms with Gasteiger partial charge in [0.2, 0.25) is 5.91 Å². The molecule has 1 atom stereocenters. The topological polar surface area (TPSA) is 92.4 Å². The van der Waals surface area contributed by atoms with Gasteiger partial charge in [-0.1, -0.05) is 29.4 Å². The molecule has 25 heavy (non-hydrogen) atoms. The predicted molar refractivity (Wildman–Crippen MR) is 87.4 cm³/mol. The van der Waals surface area contributed by atoms with Crippen molar-refractivity contribution in [1.82, 2.24) is 10.5 Å². The maximum Gasteiger partial charge on any atom is 0.326 e. The van der Waals surface area contributed by atoms with Gasteiger partial charge in [0.1, 0.15) is 17.6 Å². The number of para-hydroxylation sites is 1. The Morgan fingerprint density at radius 3 is 2.60 bits per heavy atom. The number of benzene rings is 2. The molecule has 6 nitrogen and oxygen atoms in total. The molecule has 0 aliphatic carbocycles. The van der Waals surface area contributed by atoms with E-state index in [9.17, 15) is 19.1 Å². The molecule has 0 unspecified atom stereocenters. The van der Waals surface area contributed by atoms with Crippen molar-refractivity contribution < 1.29 is 23.6 Å². The first-order valence-electron chi connectivity index (χ1n) is 7.63. The molecule has 0 bridgehead atoms. The van der Waals surface area contributed by atoms with Crippen LogP contribution >= 0.6 is 0 Å². The van der Waals surface area contributed by atoms with Crippen molar-refractivity contribution in [1.29, 1.82) is 0 Å². The lowest BCUT2D eigenvalue weighted by atomic mass is 10.1. The summed E-state index contributed by atoms with van der Waals surface area (Å²) < 4.78 is 18.1. The summed E-state index contributed by atoms with van der Waals surface area (Å²) in [4.78, 5) is 23.6. The van der Waals surface area contributed by atoms with Gasteiger partial charge in [0.15, 0.2) is 5.58 Å². The Bertz CT molecular complexity index is 905. The molecule has 0 aliphatic rings. The number of fused-ring (bicyclic) bond motifs is 1. The summed E-state index contributed by atoms with van der Waals surface area (Å²) in [5.74, 6) is -2.05. The number of amides is 1. The molecule has 0 saturated heterocycles. The Morgan fingerprint density at radius 2 is 1.88 bits per heavy atom. The van der Waals surface area contributed by atoms with Crippen molar-refractivity contribution in [3.63, 3.8) is 0 Å². The van der Waals surface area contributed by atoms with E-state index >= 15 is 0 Å². The predicted octanol–water partition coefficient (Wildman–Crippen LogP) is 2.32. The van der Waals surface area contributed by atoms with Crippen molar-refractivity contribution in [2.75, 3.05) is 0 Å². The minimum Gasteiger partial charge on any atom is -0.480 e. The SMILES string of the molecule is O=C(Cc1noc2ccccc12)N[C@H](Cc1ccc(F)cc1)C(=O)O. The second-order valence-electron chi connectivity index (χ2n) is 5.59. The molecular formula is C18H15FN2O4. The molecule has 2 aromatic carbocycles. The van der Waals surface area contributed by atoms with Crippen LogP contribution < -0.4 is 5.32 Å². The number of halogens is 1. The number of carbonyl (C=O) groups is 2. The summed E-state index contributed by atoms with van der Waals surface area (Å²) in [7, 11) is 0. The van der Waals surface area contributed by atoms with Gasteiger partial charge in [0, 0.05) is 11.8 Å². The highest BCUT2D eigenvalue weighted by molar-refractivity contribution is 5.88. The van der Waals surface area contributed by atoms with Gasteiger partial charge in [-0.2, -0.15) is 0 Å². The third-order valence-electron chi connectivity index (χ3n) is 3.77. The van der Waals surface area contributed by atoms with Crippen LogP contribution in [0.15, 0.2) is 53.1 Å². The zero-order chi connectivity index (χ0) is 17.8. The number of carbonyl (C=O) groups excluding carboxylic acids is 1. The molecule has 0 spiro atoms. The molecule has 7 heteroatoms. The minimum atomic E-state index is -1.16. The molecule has 1 aromatic heterocycles. The fourth-order valence-corrected chi connectivity index (χ4v) is 2.52. The highest BCUT2D eigenvalue weighted by Crippen LogP contribution is 2.18. The Balaban J connectivity index is 1.68. The van der Waals surface area contributed by atoms with Gasteiger partial charge >= 0.3 is 5.97 Å². The monoisotopic (exact) mass is 342 g/mol. The Labute approximate surface area is 142 Å². The fraction of sp³-hybridized carbons (Fsp3) is 0.167. The quantitative estimate of drug-likeness (QED) is 0.717. The van der Waals surface area contributed by atoms with Crippen LogP contribution in [0, 0.1) is 5.82 Å². The van der Waals surface area contributed by atoms with E-state index in [4.69, 9.17) is 4.52 Å². The highest BCUT2D eigenvalue weighted by atomic mass is 19.1. The average Bonchev–Trinajstić information content (AvgIpc) is 2.99. The first-order chi connectivity index (χ1) is 12.0. The first kappa shape index (κ1) is 16.6. The van der Waals surface area contributed by atoms with E-state index in [1.807, 2.05) is 0 Å². The van der Waals surface area contributed by atoms with Crippen LogP contribution in [0.5, 0.6) is 0 Å². The number of carboxylic acids is 1. The van der Waals surface area contributed by atoms with Crippen molar-refractivity contribution in [2.45, 2.75) is 18.9 Å². The normalized spacial score (nSPS) is 12.0. The third kappa shape index (κ3) is 4.00. The van der Waals surface area contributed by atoms with Crippen LogP contribution in [0.2, 0.25) is 0 Å². The second kappa shape index (κ2) is 7.12. The van der Waals surface area contributed by atoms with Gasteiger partial charge in [0.25, 0.3) is 0 Å². The van der Waals surface area contributed by atoms with Crippen LogP contribution in [0.25, 0.3) is 11.0 Å². The molecule has 1 heterocycles. The number of aliphatic carboxylic acids is 1. The number of carboxylic acid groups (broad SMARTS) is 1. The highest BCUT2D eigenvalue weighted by Gasteiger charge is 2.22. The van der Waals surface area contributed by atoms with Crippen LogP contribution in [0.1, 0.15) is 11.3 Å². The fourth-order valence-electron chi connectivity index (χ4n) is 2.52. The van der Waals surface area contributed by atoms with Crippen LogP contribution in [-0.4, -0.2) is 28.2 Å². The number of hydrogen-bond donors (Lipinski definition) is 2. The molecule has 1 amide bonds. The summed E-state index contributed by atoms with van der Waals surface area (Å²) in [6.45, 7) is 0. The lowest BCUT2D eigenvalue weighted by molar-refractivity contribution is -0.141. The standard InChI is InChI=1S/C18H15FN2O4/c19-12-7-5-11(6-8-12)9-15(18(23)24)20-17(22)10-14-13-3-1-2-4-16(13)25-21-14/h1-8,15H,9-10H2,(H,20,22)(H,23,24)/t15-/m1/s1. The van der Waals surface area contributed by atoms with Gasteiger partial charge < -0.3 is 14.9 Å². The van der Waals surface area contributed by atoms with Gasteiger partial charge in [-0.15, -0.1) is 0 Å². The number of hydrogen-bond acceptors (Lipinski definition) is 4. The largest absolute Gasteiger partial charge is 0.480 e. The third-order valence-corrected chi connectivity index (χ3v) is 3.77. The Morgan fingerprint density at radius 1 is 1.16 bits per heavy atom. The van der Waals surface area contributed by atoms with Gasteiger partial charge in [0.05, 0.1) is 6.42 Å². The Kier molecular flexibility index (Phi) is 4.74. The van der Waals surface area contributed by atoms with E-state index in [0.29, 0.717) is 22.2 Å². The molecule has 0 aliphatic heterocycles. The lowest BCUT2D eigenvalue weighted by Crippen LogP contribution is -2.43. The van der Waals surface area contributed by atoms with E-state index in [-0.39, 0.29) is 12.8 Å². The number of nitrogens with one attached hydrogen (secondary N) is 1. The van der Waals surface area contributed by atoms with Gasteiger partial charge in [-0.25, -0.2) is 9.18 Å². The molecule has 2 N–H and O–H groups in total. The molecule has 0 saturated carbocycles. The minimum absolute atomic E-state index is 0.0565. The van der Waals surface area contributed by atoms with E-state index < -0.39 is 23.7 Å². The van der Waals surface area contributed by atoms with Crippen LogP contribution in [-0.2, 0) is 22.4 Å². The lowest BCUT2D eigenvalue weighted by Gasteiger charge is -2.14. The molecule has 3 rings (SSSR count). The van der Waals surface area contributed by atoms with Crippen LogP contribution in [0.3, 0.4) is 0 Å². The summed E-state index contributed by atoms with van der Waals surface area (Å²) in [5.41, 5.74) is 1.62. The van der Waals surface area contributed by atoms with Crippen molar-refractivity contribution in [2.24, 2.45) is 0 Å². The van der Waals surface area contributed by atoms with E-state index in [1.54, 1.807) is 24.3 Å². The number of rotatable bonds is 6. The summed E-state index contributed by atoms with van der Waals surface area (Å²) >= 11 is 0. The zero-order valence-corrected chi connectivity index (χ0v) is 13.1. The van der Waals surface area contributed by atoms with Gasteiger partial charge in [-0.3, -0.25) is 4.79 Å². The zero-order valence-electron chi connectivity index (χ0n) is 13.1. The van der Waals surface area contributed by atoms with E-state index in [2.05, 4.69) is 10.5 Å². The van der Waals surface area contributed by atoms with Crippen molar-refractivity contribution in [3.05, 3.63) is 65.6 Å². The maximum atomic E-state index is 12.9. The molecular weight excluding hydrogens is 327 g/mol. The molecule has 3 aromatic rings. The Hall–Kier alpha value is -3.22. The average molecular weight is 342 g/mol. The molecule has 0 radical (unpaired) electrons. The summed E-state index contributed by atoms with van der Waals surface area (Å²) in [6.07, 6.45) is -0.0366. The van der Waals surface area contributed by atoms with E-state index in [0.717, 1.165) is 0 Å². The number of aromatic nitrogens is 1. The van der Waals surface area contributed by atoms with Crippen molar-refractivity contribution >= 4 is 22.8 Å². The number of nitrogens with zero attached hydrogens (tertiary/aromatic N) is 1.